The van der Waals surface area contributed by atoms with Crippen LogP contribution < -0.4 is 28.4 Å². The van der Waals surface area contributed by atoms with E-state index in [9.17, 15) is 19.2 Å². The molecule has 14 nitrogen and oxygen atoms in total. The SMILES string of the molecule is COc1cc(C[N+]2(C)C3CCC2CC(OC(=O)C2CCC2C(=O)OC2CC4CCC(C2)[N+]4(C)Cc2cc(OC)c(OC(C)=O)c(OC)c2)C3)cc(OC)c1OC(C)=O. The van der Waals surface area contributed by atoms with Crippen molar-refractivity contribution in [3.8, 4) is 34.5 Å². The molecular formula is C44H60N2O12+2. The molecule has 14 heteroatoms. The van der Waals surface area contributed by atoms with Crippen molar-refractivity contribution in [3.05, 3.63) is 35.4 Å². The summed E-state index contributed by atoms with van der Waals surface area (Å²) in [5.41, 5.74) is 2.02. The third-order valence-electron chi connectivity index (χ3n) is 14.2. The molecule has 0 spiro atoms. The second-order valence-corrected chi connectivity index (χ2v) is 17.5. The van der Waals surface area contributed by atoms with Crippen LogP contribution in [0.3, 0.4) is 0 Å². The fourth-order valence-corrected chi connectivity index (χ4v) is 11.0. The summed E-state index contributed by atoms with van der Waals surface area (Å²) in [6.45, 7) is 4.15. The van der Waals surface area contributed by atoms with Gasteiger partial charge >= 0.3 is 23.9 Å². The van der Waals surface area contributed by atoms with Gasteiger partial charge in [-0.25, -0.2) is 0 Å². The number of fused-ring (bicyclic) bond motifs is 4. The number of carbonyl (C=O) groups is 4. The van der Waals surface area contributed by atoms with E-state index in [2.05, 4.69) is 14.1 Å². The molecule has 58 heavy (non-hydrogen) atoms. The van der Waals surface area contributed by atoms with Gasteiger partial charge in [0.1, 0.15) is 25.3 Å². The van der Waals surface area contributed by atoms with Gasteiger partial charge in [0.25, 0.3) is 0 Å². The van der Waals surface area contributed by atoms with Crippen LogP contribution in [0, 0.1) is 11.8 Å². The van der Waals surface area contributed by atoms with Crippen molar-refractivity contribution in [2.75, 3.05) is 42.5 Å². The van der Waals surface area contributed by atoms with Crippen molar-refractivity contribution >= 4 is 23.9 Å². The van der Waals surface area contributed by atoms with E-state index < -0.39 is 23.8 Å². The third kappa shape index (κ3) is 7.93. The number of carbonyl (C=O) groups excluding carboxylic acids is 4. The molecule has 4 aliphatic heterocycles. The summed E-state index contributed by atoms with van der Waals surface area (Å²) in [6, 6.07) is 8.85. The molecule has 0 aromatic heterocycles. The molecule has 0 radical (unpaired) electrons. The molecule has 5 aliphatic rings. The van der Waals surface area contributed by atoms with Crippen LogP contribution in [0.1, 0.15) is 89.2 Å². The van der Waals surface area contributed by atoms with E-state index in [0.29, 0.717) is 60.0 Å². The van der Waals surface area contributed by atoms with Crippen molar-refractivity contribution < 1.29 is 66.0 Å². The Morgan fingerprint density at radius 3 is 1.05 bits per heavy atom. The maximum atomic E-state index is 13.6. The summed E-state index contributed by atoms with van der Waals surface area (Å²) < 4.78 is 47.2. The molecule has 316 valence electrons. The molecule has 0 amide bonds. The number of benzene rings is 2. The van der Waals surface area contributed by atoms with Crippen molar-refractivity contribution in [2.24, 2.45) is 11.8 Å². The van der Waals surface area contributed by atoms with Crippen molar-refractivity contribution in [1.29, 1.82) is 0 Å². The molecule has 2 aromatic rings. The summed E-state index contributed by atoms with van der Waals surface area (Å²) in [6.07, 6.45) is 8.10. The maximum Gasteiger partial charge on any atom is 0.310 e. The van der Waals surface area contributed by atoms with E-state index in [1.807, 2.05) is 24.3 Å². The van der Waals surface area contributed by atoms with Gasteiger partial charge in [0.05, 0.1) is 78.5 Å². The predicted molar refractivity (Wildman–Crippen MR) is 210 cm³/mol. The fourth-order valence-electron chi connectivity index (χ4n) is 11.0. The number of esters is 4. The molecule has 6 unspecified atom stereocenters. The topological polar surface area (TPSA) is 142 Å². The van der Waals surface area contributed by atoms with Crippen molar-refractivity contribution in [2.45, 2.75) is 128 Å². The zero-order valence-electron chi connectivity index (χ0n) is 35.2. The first kappa shape index (κ1) is 41.6. The molecule has 0 N–H and O–H groups in total. The lowest BCUT2D eigenvalue weighted by atomic mass is 9.73. The standard InChI is InChI=1S/C44H60N2O12/c1-25(47)55-41-37(51-5)15-27(16-38(41)52-6)23-45(3)29-9-10-30(45)20-33(19-29)57-43(49)35-13-14-36(35)44(50)58-34-21-31-11-12-32(22-34)46(31,4)24-28-17-39(53-7)42(56-26(2)48)40(18-28)54-8/h15-18,29-36H,9-14,19-24H2,1-8H3/q+2. The van der Waals surface area contributed by atoms with Crippen molar-refractivity contribution in [1.82, 2.24) is 0 Å². The second kappa shape index (κ2) is 16.6. The Morgan fingerprint density at radius 2 is 0.810 bits per heavy atom. The van der Waals surface area contributed by atoms with Crippen molar-refractivity contribution in [3.63, 3.8) is 0 Å². The van der Waals surface area contributed by atoms with Crippen LogP contribution in [-0.2, 0) is 41.7 Å². The van der Waals surface area contributed by atoms with Gasteiger partial charge in [0.15, 0.2) is 23.0 Å². The van der Waals surface area contributed by atoms with Gasteiger partial charge in [-0.2, -0.15) is 0 Å². The van der Waals surface area contributed by atoms with E-state index in [1.54, 1.807) is 28.4 Å². The quantitative estimate of drug-likeness (QED) is 0.132. The highest BCUT2D eigenvalue weighted by atomic mass is 16.6. The first-order valence-corrected chi connectivity index (χ1v) is 20.7. The molecular weight excluding hydrogens is 748 g/mol. The molecule has 1 aliphatic carbocycles. The average molecular weight is 809 g/mol. The molecule has 4 saturated heterocycles. The summed E-state index contributed by atoms with van der Waals surface area (Å²) in [5.74, 6) is -0.0833. The predicted octanol–water partition coefficient (Wildman–Crippen LogP) is 5.66. The molecule has 6 atom stereocenters. The molecule has 1 saturated carbocycles. The van der Waals surface area contributed by atoms with E-state index in [4.69, 9.17) is 37.9 Å². The van der Waals surface area contributed by atoms with Gasteiger partial charge in [-0.3, -0.25) is 19.2 Å². The number of methoxy groups -OCH3 is 4. The zero-order chi connectivity index (χ0) is 41.5. The first-order chi connectivity index (χ1) is 27.7. The number of quaternary nitrogens is 2. The Morgan fingerprint density at radius 1 is 0.517 bits per heavy atom. The van der Waals surface area contributed by atoms with Crippen LogP contribution in [0.5, 0.6) is 34.5 Å². The number of rotatable bonds is 14. The number of hydrogen-bond acceptors (Lipinski definition) is 12. The summed E-state index contributed by atoms with van der Waals surface area (Å²) in [4.78, 5) is 50.7. The van der Waals surface area contributed by atoms with E-state index in [1.165, 1.54) is 13.8 Å². The van der Waals surface area contributed by atoms with Gasteiger partial charge in [-0.1, -0.05) is 0 Å². The minimum absolute atomic E-state index is 0.189. The van der Waals surface area contributed by atoms with Gasteiger partial charge in [-0.05, 0) is 37.1 Å². The van der Waals surface area contributed by atoms with Crippen LogP contribution in [0.4, 0.5) is 0 Å². The number of hydrogen-bond donors (Lipinski definition) is 0. The lowest BCUT2D eigenvalue weighted by molar-refractivity contribution is -0.961. The second-order valence-electron chi connectivity index (χ2n) is 17.5. The number of nitrogens with zero attached hydrogens (tertiary/aromatic N) is 2. The number of piperidine rings is 2. The van der Waals surface area contributed by atoms with Crippen LogP contribution in [0.2, 0.25) is 0 Å². The maximum absolute atomic E-state index is 13.6. The molecule has 5 fully saturated rings. The minimum atomic E-state index is -0.468. The van der Waals surface area contributed by atoms with Crippen LogP contribution in [0.15, 0.2) is 24.3 Å². The Hall–Kier alpha value is -4.56. The third-order valence-corrected chi connectivity index (χ3v) is 14.2. The van der Waals surface area contributed by atoms with Crippen LogP contribution in [-0.4, -0.2) is 112 Å². The Balaban J connectivity index is 0.931. The van der Waals surface area contributed by atoms with E-state index >= 15 is 0 Å². The highest BCUT2D eigenvalue weighted by molar-refractivity contribution is 5.84. The van der Waals surface area contributed by atoms with E-state index in [0.717, 1.165) is 84.5 Å². The van der Waals surface area contributed by atoms with Crippen LogP contribution >= 0.6 is 0 Å². The van der Waals surface area contributed by atoms with Gasteiger partial charge < -0.3 is 46.9 Å². The summed E-state index contributed by atoms with van der Waals surface area (Å²) in [7, 11) is 10.7. The molecule has 4 bridgehead atoms. The minimum Gasteiger partial charge on any atom is -0.493 e. The lowest BCUT2D eigenvalue weighted by Gasteiger charge is -2.47. The highest BCUT2D eigenvalue weighted by Gasteiger charge is 2.55. The molecule has 4 heterocycles. The number of ether oxygens (including phenoxy) is 8. The highest BCUT2D eigenvalue weighted by Crippen LogP contribution is 2.48. The Bertz CT molecular complexity index is 1700. The van der Waals surface area contributed by atoms with Gasteiger partial charge in [0.2, 0.25) is 11.5 Å². The lowest BCUT2D eigenvalue weighted by Crippen LogP contribution is -2.59. The zero-order valence-corrected chi connectivity index (χ0v) is 35.2. The Labute approximate surface area is 341 Å². The average Bonchev–Trinajstić information content (AvgIpc) is 3.38. The van der Waals surface area contributed by atoms with Gasteiger partial charge in [-0.15, -0.1) is 0 Å². The van der Waals surface area contributed by atoms with Gasteiger partial charge in [0, 0.05) is 76.3 Å². The van der Waals surface area contributed by atoms with E-state index in [-0.39, 0.29) is 35.6 Å². The first-order valence-electron chi connectivity index (χ1n) is 20.7. The monoisotopic (exact) mass is 808 g/mol. The van der Waals surface area contributed by atoms with Crippen LogP contribution in [0.25, 0.3) is 0 Å². The smallest absolute Gasteiger partial charge is 0.310 e. The molecule has 7 rings (SSSR count). The Kier molecular flexibility index (Phi) is 11.9. The summed E-state index contributed by atoms with van der Waals surface area (Å²) >= 11 is 0. The largest absolute Gasteiger partial charge is 0.493 e. The summed E-state index contributed by atoms with van der Waals surface area (Å²) in [5, 5.41) is 0. The fraction of sp³-hybridized carbons (Fsp3) is 0.636. The molecule has 2 aromatic carbocycles. The normalized spacial score (nSPS) is 32.0.